The number of amides is 1. The van der Waals surface area contributed by atoms with Crippen molar-refractivity contribution >= 4 is 33.2 Å². The van der Waals surface area contributed by atoms with E-state index in [0.29, 0.717) is 5.02 Å². The van der Waals surface area contributed by atoms with Crippen LogP contribution in [0.2, 0.25) is 5.02 Å². The smallest absolute Gasteiger partial charge is 0.264 e. The number of rotatable bonds is 8. The molecule has 32 heavy (non-hydrogen) atoms. The minimum atomic E-state index is -4.08. The molecule has 0 aliphatic heterocycles. The zero-order valence-corrected chi connectivity index (χ0v) is 19.7. The van der Waals surface area contributed by atoms with Crippen LogP contribution in [0, 0.1) is 6.92 Å². The lowest BCUT2D eigenvalue weighted by Gasteiger charge is -2.26. The number of anilines is 1. The first-order chi connectivity index (χ1) is 15.2. The molecule has 1 atom stereocenters. The number of carbonyl (C=O) groups is 1. The SMILES string of the molecule is COc1ccc(Cl)cc1N(CC(=O)N[C@@H](C)c1ccccc1)S(=O)(=O)c1ccc(C)cc1. The molecule has 1 N–H and O–H groups in total. The molecule has 3 aromatic rings. The number of benzene rings is 3. The molecule has 8 heteroatoms. The zero-order valence-electron chi connectivity index (χ0n) is 18.1. The van der Waals surface area contributed by atoms with Gasteiger partial charge in [0.1, 0.15) is 12.3 Å². The lowest BCUT2D eigenvalue weighted by Crippen LogP contribution is -2.41. The first kappa shape index (κ1) is 23.6. The molecule has 1 amide bonds. The molecule has 0 bridgehead atoms. The molecule has 3 aromatic carbocycles. The van der Waals surface area contributed by atoms with E-state index in [1.54, 1.807) is 24.3 Å². The Morgan fingerprint density at radius 2 is 1.72 bits per heavy atom. The lowest BCUT2D eigenvalue weighted by atomic mass is 10.1. The van der Waals surface area contributed by atoms with Crippen LogP contribution in [-0.4, -0.2) is 28.0 Å². The third-order valence-electron chi connectivity index (χ3n) is 4.98. The fourth-order valence-electron chi connectivity index (χ4n) is 3.24. The summed E-state index contributed by atoms with van der Waals surface area (Å²) in [6.07, 6.45) is 0. The van der Waals surface area contributed by atoms with Crippen molar-refractivity contribution in [3.8, 4) is 5.75 Å². The van der Waals surface area contributed by atoms with Gasteiger partial charge in [0.05, 0.1) is 23.7 Å². The second kappa shape index (κ2) is 10.1. The minimum absolute atomic E-state index is 0.0639. The Labute approximate surface area is 193 Å². The van der Waals surface area contributed by atoms with E-state index in [1.165, 1.54) is 25.3 Å². The molecule has 0 aromatic heterocycles. The predicted octanol–water partition coefficient (Wildman–Crippen LogP) is 4.73. The van der Waals surface area contributed by atoms with Gasteiger partial charge in [0, 0.05) is 5.02 Å². The summed E-state index contributed by atoms with van der Waals surface area (Å²) < 4.78 is 33.5. The fraction of sp³-hybridized carbons (Fsp3) is 0.208. The van der Waals surface area contributed by atoms with Crippen molar-refractivity contribution in [2.24, 2.45) is 0 Å². The van der Waals surface area contributed by atoms with Crippen LogP contribution in [0.25, 0.3) is 0 Å². The van der Waals surface area contributed by atoms with Gasteiger partial charge >= 0.3 is 0 Å². The molecule has 0 aliphatic rings. The average molecular weight is 473 g/mol. The van der Waals surface area contributed by atoms with Gasteiger partial charge in [-0.05, 0) is 49.7 Å². The Kier molecular flexibility index (Phi) is 7.43. The number of aryl methyl sites for hydroxylation is 1. The van der Waals surface area contributed by atoms with Crippen molar-refractivity contribution in [1.29, 1.82) is 0 Å². The Morgan fingerprint density at radius 1 is 1.06 bits per heavy atom. The van der Waals surface area contributed by atoms with E-state index in [4.69, 9.17) is 16.3 Å². The highest BCUT2D eigenvalue weighted by atomic mass is 35.5. The molecular formula is C24H25ClN2O4S. The summed E-state index contributed by atoms with van der Waals surface area (Å²) in [6.45, 7) is 3.27. The van der Waals surface area contributed by atoms with Crippen LogP contribution < -0.4 is 14.4 Å². The van der Waals surface area contributed by atoms with Gasteiger partial charge < -0.3 is 10.1 Å². The summed E-state index contributed by atoms with van der Waals surface area (Å²) in [4.78, 5) is 13.0. The van der Waals surface area contributed by atoms with Crippen molar-refractivity contribution < 1.29 is 17.9 Å². The summed E-state index contributed by atoms with van der Waals surface area (Å²) >= 11 is 6.16. The number of carbonyl (C=O) groups excluding carboxylic acids is 1. The summed E-state index contributed by atoms with van der Waals surface area (Å²) in [5, 5.41) is 3.18. The highest BCUT2D eigenvalue weighted by Crippen LogP contribution is 2.34. The molecule has 3 rings (SSSR count). The highest BCUT2D eigenvalue weighted by molar-refractivity contribution is 7.92. The molecular weight excluding hydrogens is 448 g/mol. The van der Waals surface area contributed by atoms with E-state index >= 15 is 0 Å². The summed E-state index contributed by atoms with van der Waals surface area (Å²) in [5.41, 5.74) is 2.02. The number of methoxy groups -OCH3 is 1. The highest BCUT2D eigenvalue weighted by Gasteiger charge is 2.30. The molecule has 0 radical (unpaired) electrons. The van der Waals surface area contributed by atoms with Gasteiger partial charge in [-0.25, -0.2) is 8.42 Å². The monoisotopic (exact) mass is 472 g/mol. The van der Waals surface area contributed by atoms with Crippen LogP contribution in [0.1, 0.15) is 24.1 Å². The van der Waals surface area contributed by atoms with Gasteiger partial charge in [-0.3, -0.25) is 9.10 Å². The van der Waals surface area contributed by atoms with Gasteiger partial charge in [-0.1, -0.05) is 59.6 Å². The lowest BCUT2D eigenvalue weighted by molar-refractivity contribution is -0.120. The minimum Gasteiger partial charge on any atom is -0.495 e. The molecule has 0 fully saturated rings. The number of sulfonamides is 1. The van der Waals surface area contributed by atoms with Crippen LogP contribution in [0.3, 0.4) is 0 Å². The maximum Gasteiger partial charge on any atom is 0.264 e. The number of halogens is 1. The first-order valence-electron chi connectivity index (χ1n) is 9.99. The third-order valence-corrected chi connectivity index (χ3v) is 6.99. The molecule has 6 nitrogen and oxygen atoms in total. The molecule has 0 heterocycles. The third kappa shape index (κ3) is 5.41. The van der Waals surface area contributed by atoms with E-state index in [2.05, 4.69) is 5.32 Å². The number of nitrogens with one attached hydrogen (secondary N) is 1. The standard InChI is InChI=1S/C24H25ClN2O4S/c1-17-9-12-21(13-10-17)32(29,30)27(22-15-20(25)11-14-23(22)31-3)16-24(28)26-18(2)19-7-5-4-6-8-19/h4-15,18H,16H2,1-3H3,(H,26,28)/t18-/m0/s1. The van der Waals surface area contributed by atoms with Crippen molar-refractivity contribution in [3.05, 3.63) is 88.9 Å². The van der Waals surface area contributed by atoms with E-state index in [0.717, 1.165) is 15.4 Å². The quantitative estimate of drug-likeness (QED) is 0.514. The summed E-state index contributed by atoms with van der Waals surface area (Å²) in [6, 6.07) is 20.2. The van der Waals surface area contributed by atoms with Crippen LogP contribution in [0.4, 0.5) is 5.69 Å². The predicted molar refractivity (Wildman–Crippen MR) is 127 cm³/mol. The second-order valence-electron chi connectivity index (χ2n) is 7.34. The van der Waals surface area contributed by atoms with Crippen LogP contribution in [0.5, 0.6) is 5.75 Å². The van der Waals surface area contributed by atoms with Gasteiger partial charge in [-0.2, -0.15) is 0 Å². The first-order valence-corrected chi connectivity index (χ1v) is 11.8. The summed E-state index contributed by atoms with van der Waals surface area (Å²) in [7, 11) is -2.65. The van der Waals surface area contributed by atoms with Crippen molar-refractivity contribution in [3.63, 3.8) is 0 Å². The number of nitrogens with zero attached hydrogens (tertiary/aromatic N) is 1. The Bertz CT molecular complexity index is 1180. The van der Waals surface area contributed by atoms with Gasteiger partial charge in [0.15, 0.2) is 0 Å². The maximum absolute atomic E-state index is 13.6. The van der Waals surface area contributed by atoms with Gasteiger partial charge in [0.25, 0.3) is 10.0 Å². The van der Waals surface area contributed by atoms with E-state index < -0.39 is 22.5 Å². The summed E-state index contributed by atoms with van der Waals surface area (Å²) in [5.74, 6) is -0.173. The average Bonchev–Trinajstić information content (AvgIpc) is 2.78. The zero-order chi connectivity index (χ0) is 23.3. The van der Waals surface area contributed by atoms with E-state index in [-0.39, 0.29) is 22.4 Å². The number of hydrogen-bond donors (Lipinski definition) is 1. The number of hydrogen-bond acceptors (Lipinski definition) is 4. The Hall–Kier alpha value is -3.03. The molecule has 0 saturated carbocycles. The fourth-order valence-corrected chi connectivity index (χ4v) is 4.83. The maximum atomic E-state index is 13.6. The van der Waals surface area contributed by atoms with Crippen LogP contribution in [0.15, 0.2) is 77.7 Å². The molecule has 0 aliphatic carbocycles. The van der Waals surface area contributed by atoms with Gasteiger partial charge in [-0.15, -0.1) is 0 Å². The largest absolute Gasteiger partial charge is 0.495 e. The van der Waals surface area contributed by atoms with E-state index in [1.807, 2.05) is 44.2 Å². The van der Waals surface area contributed by atoms with Crippen molar-refractivity contribution in [2.45, 2.75) is 24.8 Å². The molecule has 168 valence electrons. The van der Waals surface area contributed by atoms with Gasteiger partial charge in [0.2, 0.25) is 5.91 Å². The molecule has 0 spiro atoms. The second-order valence-corrected chi connectivity index (χ2v) is 9.64. The van der Waals surface area contributed by atoms with E-state index in [9.17, 15) is 13.2 Å². The molecule has 0 saturated heterocycles. The Morgan fingerprint density at radius 3 is 2.34 bits per heavy atom. The molecule has 0 unspecified atom stereocenters. The van der Waals surface area contributed by atoms with Crippen LogP contribution >= 0.6 is 11.6 Å². The van der Waals surface area contributed by atoms with Crippen molar-refractivity contribution in [1.82, 2.24) is 5.32 Å². The van der Waals surface area contributed by atoms with Crippen LogP contribution in [-0.2, 0) is 14.8 Å². The Balaban J connectivity index is 1.98. The van der Waals surface area contributed by atoms with Crippen molar-refractivity contribution in [2.75, 3.05) is 18.0 Å². The topological polar surface area (TPSA) is 75.7 Å². The number of ether oxygens (including phenoxy) is 1. The normalized spacial score (nSPS) is 12.1.